The van der Waals surface area contributed by atoms with E-state index in [1.807, 2.05) is 60.7 Å². The molecular weight excluding hydrogens is 334 g/mol. The first kappa shape index (κ1) is 18.1. The summed E-state index contributed by atoms with van der Waals surface area (Å²) in [4.78, 5) is 24.8. The number of hydrogen-bond donors (Lipinski definition) is 1. The number of hydrogen-bond acceptors (Lipinski definition) is 4. The minimum Gasteiger partial charge on any atom is -0.465 e. The van der Waals surface area contributed by atoms with Crippen LogP contribution in [0.4, 0.5) is 4.79 Å². The minimum absolute atomic E-state index is 0.104. The topological polar surface area (TPSA) is 76.1 Å². The fourth-order valence-corrected chi connectivity index (χ4v) is 2.98. The van der Waals surface area contributed by atoms with Crippen molar-refractivity contribution in [2.75, 3.05) is 13.2 Å². The van der Waals surface area contributed by atoms with Gasteiger partial charge in [-0.05, 0) is 11.1 Å². The van der Waals surface area contributed by atoms with Gasteiger partial charge in [0.2, 0.25) is 0 Å². The molecule has 2 atom stereocenters. The lowest BCUT2D eigenvalue weighted by atomic mass is 10.1. The van der Waals surface area contributed by atoms with Crippen molar-refractivity contribution in [1.82, 2.24) is 4.90 Å². The second kappa shape index (κ2) is 8.60. The van der Waals surface area contributed by atoms with Crippen molar-refractivity contribution in [2.24, 2.45) is 0 Å². The lowest BCUT2D eigenvalue weighted by molar-refractivity contribution is -0.128. The fraction of sp³-hybridized carbons (Fsp3) is 0.300. The van der Waals surface area contributed by atoms with Crippen LogP contribution in [0, 0.1) is 0 Å². The SMILES string of the molecule is O=C1CN(C(=O)O)C(COCc2ccccc2)C1OCc1ccccc1. The van der Waals surface area contributed by atoms with Gasteiger partial charge in [0.05, 0.1) is 32.4 Å². The van der Waals surface area contributed by atoms with Gasteiger partial charge in [0.1, 0.15) is 6.10 Å². The molecule has 1 aliphatic rings. The first-order chi connectivity index (χ1) is 12.6. The van der Waals surface area contributed by atoms with E-state index in [0.717, 1.165) is 16.0 Å². The van der Waals surface area contributed by atoms with Gasteiger partial charge < -0.3 is 14.6 Å². The van der Waals surface area contributed by atoms with Crippen LogP contribution in [0.1, 0.15) is 11.1 Å². The third kappa shape index (κ3) is 4.47. The van der Waals surface area contributed by atoms with E-state index in [4.69, 9.17) is 9.47 Å². The summed E-state index contributed by atoms with van der Waals surface area (Å²) in [5, 5.41) is 9.38. The van der Waals surface area contributed by atoms with Crippen LogP contribution in [0.25, 0.3) is 0 Å². The normalized spacial score (nSPS) is 19.7. The highest BCUT2D eigenvalue weighted by atomic mass is 16.5. The molecule has 2 unspecified atom stereocenters. The maximum Gasteiger partial charge on any atom is 0.408 e. The van der Waals surface area contributed by atoms with Crippen LogP contribution >= 0.6 is 0 Å². The Kier molecular flexibility index (Phi) is 5.99. The number of likely N-dealkylation sites (tertiary alicyclic amines) is 1. The smallest absolute Gasteiger partial charge is 0.408 e. The van der Waals surface area contributed by atoms with Gasteiger partial charge in [0.25, 0.3) is 0 Å². The predicted octanol–water partition coefficient (Wildman–Crippen LogP) is 2.72. The zero-order valence-electron chi connectivity index (χ0n) is 14.3. The van der Waals surface area contributed by atoms with Crippen molar-refractivity contribution in [2.45, 2.75) is 25.4 Å². The van der Waals surface area contributed by atoms with Gasteiger partial charge in [-0.25, -0.2) is 4.79 Å². The zero-order valence-corrected chi connectivity index (χ0v) is 14.3. The third-order valence-electron chi connectivity index (χ3n) is 4.31. The number of nitrogens with zero attached hydrogens (tertiary/aromatic N) is 1. The van der Waals surface area contributed by atoms with Gasteiger partial charge in [0.15, 0.2) is 5.78 Å². The van der Waals surface area contributed by atoms with Crippen LogP contribution in [-0.2, 0) is 27.5 Å². The van der Waals surface area contributed by atoms with Gasteiger partial charge in [-0.2, -0.15) is 0 Å². The van der Waals surface area contributed by atoms with E-state index in [0.29, 0.717) is 6.61 Å². The number of amides is 1. The Morgan fingerprint density at radius 1 is 1.00 bits per heavy atom. The lowest BCUT2D eigenvalue weighted by Crippen LogP contribution is -2.43. The molecule has 6 heteroatoms. The van der Waals surface area contributed by atoms with Crippen molar-refractivity contribution >= 4 is 11.9 Å². The molecule has 136 valence electrons. The predicted molar refractivity (Wildman–Crippen MR) is 94.6 cm³/mol. The first-order valence-electron chi connectivity index (χ1n) is 8.44. The minimum atomic E-state index is -1.14. The Morgan fingerprint density at radius 2 is 1.58 bits per heavy atom. The quantitative estimate of drug-likeness (QED) is 0.826. The van der Waals surface area contributed by atoms with Crippen LogP contribution in [0.5, 0.6) is 0 Å². The summed E-state index contributed by atoms with van der Waals surface area (Å²) < 4.78 is 11.4. The number of ketones is 1. The van der Waals surface area contributed by atoms with E-state index >= 15 is 0 Å². The molecule has 0 aliphatic carbocycles. The van der Waals surface area contributed by atoms with E-state index in [9.17, 15) is 14.7 Å². The molecule has 1 saturated heterocycles. The molecular formula is C20H21NO5. The summed E-state index contributed by atoms with van der Waals surface area (Å²) in [6.45, 7) is 0.533. The van der Waals surface area contributed by atoms with Gasteiger partial charge in [0, 0.05) is 0 Å². The summed E-state index contributed by atoms with van der Waals surface area (Å²) in [6, 6.07) is 18.4. The molecule has 2 aromatic rings. The molecule has 3 rings (SSSR count). The summed E-state index contributed by atoms with van der Waals surface area (Å²) in [7, 11) is 0. The fourth-order valence-electron chi connectivity index (χ4n) is 2.98. The highest BCUT2D eigenvalue weighted by molar-refractivity contribution is 5.91. The van der Waals surface area contributed by atoms with Crippen molar-refractivity contribution in [3.63, 3.8) is 0 Å². The molecule has 6 nitrogen and oxygen atoms in total. The summed E-state index contributed by atoms with van der Waals surface area (Å²) >= 11 is 0. The van der Waals surface area contributed by atoms with Crippen molar-refractivity contribution in [1.29, 1.82) is 0 Å². The standard InChI is InChI=1S/C20H21NO5/c22-18-11-21(20(23)24)17(14-25-12-15-7-3-1-4-8-15)19(18)26-13-16-9-5-2-6-10-16/h1-10,17,19H,11-14H2,(H,23,24). The van der Waals surface area contributed by atoms with Crippen molar-refractivity contribution in [3.8, 4) is 0 Å². The van der Waals surface area contributed by atoms with E-state index in [1.54, 1.807) is 0 Å². The molecule has 0 spiro atoms. The van der Waals surface area contributed by atoms with Gasteiger partial charge >= 0.3 is 6.09 Å². The van der Waals surface area contributed by atoms with E-state index in [1.165, 1.54) is 0 Å². The molecule has 1 fully saturated rings. The molecule has 0 aromatic heterocycles. The number of ether oxygens (including phenoxy) is 2. The van der Waals surface area contributed by atoms with Crippen LogP contribution < -0.4 is 0 Å². The number of carbonyl (C=O) groups is 2. The van der Waals surface area contributed by atoms with Crippen LogP contribution in [0.3, 0.4) is 0 Å². The van der Waals surface area contributed by atoms with Gasteiger partial charge in [-0.1, -0.05) is 60.7 Å². The Labute approximate surface area is 152 Å². The lowest BCUT2D eigenvalue weighted by Gasteiger charge is -2.24. The molecule has 0 saturated carbocycles. The molecule has 0 radical (unpaired) electrons. The van der Waals surface area contributed by atoms with Crippen LogP contribution in [0.2, 0.25) is 0 Å². The molecule has 1 amide bonds. The summed E-state index contributed by atoms with van der Waals surface area (Å²) in [5.74, 6) is -0.239. The average Bonchev–Trinajstić information content (AvgIpc) is 2.98. The molecule has 2 aromatic carbocycles. The first-order valence-corrected chi connectivity index (χ1v) is 8.44. The number of Topliss-reactive ketones (excluding diaryl/α,β-unsaturated/α-hetero) is 1. The number of rotatable bonds is 7. The summed E-state index contributed by atoms with van der Waals surface area (Å²) in [6.07, 6.45) is -1.96. The monoisotopic (exact) mass is 355 g/mol. The molecule has 1 N–H and O–H groups in total. The molecule has 1 heterocycles. The van der Waals surface area contributed by atoms with Gasteiger partial charge in [-0.3, -0.25) is 9.69 Å². The second-order valence-corrected chi connectivity index (χ2v) is 6.16. The average molecular weight is 355 g/mol. The van der Waals surface area contributed by atoms with Gasteiger partial charge in [-0.15, -0.1) is 0 Å². The molecule has 0 bridgehead atoms. The Balaban J connectivity index is 1.62. The highest BCUT2D eigenvalue weighted by Gasteiger charge is 2.44. The number of benzene rings is 2. The van der Waals surface area contributed by atoms with Crippen molar-refractivity contribution < 1.29 is 24.2 Å². The largest absolute Gasteiger partial charge is 0.465 e. The zero-order chi connectivity index (χ0) is 18.4. The van der Waals surface area contributed by atoms with Crippen LogP contribution in [-0.4, -0.2) is 47.2 Å². The number of carboxylic acid groups (broad SMARTS) is 1. The Morgan fingerprint density at radius 3 is 2.15 bits per heavy atom. The Bertz CT molecular complexity index is 734. The van der Waals surface area contributed by atoms with Crippen LogP contribution in [0.15, 0.2) is 60.7 Å². The maximum atomic E-state index is 12.3. The molecule has 1 aliphatic heterocycles. The highest BCUT2D eigenvalue weighted by Crippen LogP contribution is 2.21. The maximum absolute atomic E-state index is 12.3. The second-order valence-electron chi connectivity index (χ2n) is 6.16. The number of carbonyl (C=O) groups excluding carboxylic acids is 1. The van der Waals surface area contributed by atoms with E-state index in [-0.39, 0.29) is 25.5 Å². The van der Waals surface area contributed by atoms with Crippen molar-refractivity contribution in [3.05, 3.63) is 71.8 Å². The van der Waals surface area contributed by atoms with E-state index in [2.05, 4.69) is 0 Å². The Hall–Kier alpha value is -2.70. The summed E-state index contributed by atoms with van der Waals surface area (Å²) in [5.41, 5.74) is 1.92. The third-order valence-corrected chi connectivity index (χ3v) is 4.31. The molecule has 26 heavy (non-hydrogen) atoms. The van der Waals surface area contributed by atoms with E-state index < -0.39 is 18.2 Å².